The van der Waals surface area contributed by atoms with E-state index in [9.17, 15) is 15.0 Å². The van der Waals surface area contributed by atoms with Gasteiger partial charge in [-0.1, -0.05) is 12.1 Å². The number of hydrogen-bond donors (Lipinski definition) is 4. The SMILES string of the molecule is Cc1nc(-c2cccc(NC(=O)c3ccc(O)cc3O)c2)[nH]c1C. The lowest BCUT2D eigenvalue weighted by Gasteiger charge is -2.08. The van der Waals surface area contributed by atoms with Gasteiger partial charge < -0.3 is 20.5 Å². The maximum Gasteiger partial charge on any atom is 0.259 e. The van der Waals surface area contributed by atoms with Crippen LogP contribution in [-0.4, -0.2) is 26.1 Å². The molecule has 0 radical (unpaired) electrons. The number of nitrogens with one attached hydrogen (secondary N) is 2. The lowest BCUT2D eigenvalue weighted by Crippen LogP contribution is -2.12. The normalized spacial score (nSPS) is 10.6. The van der Waals surface area contributed by atoms with Crippen LogP contribution in [0.25, 0.3) is 11.4 Å². The Morgan fingerprint density at radius 3 is 2.58 bits per heavy atom. The van der Waals surface area contributed by atoms with E-state index in [0.29, 0.717) is 5.69 Å². The summed E-state index contributed by atoms with van der Waals surface area (Å²) in [5, 5.41) is 21.8. The number of phenolic OH excluding ortho intramolecular Hbond substituents is 2. The number of carbonyl (C=O) groups excluding carboxylic acids is 1. The molecule has 1 heterocycles. The number of amides is 1. The number of aryl methyl sites for hydroxylation is 2. The van der Waals surface area contributed by atoms with Crippen LogP contribution in [0.2, 0.25) is 0 Å². The molecule has 0 aliphatic carbocycles. The van der Waals surface area contributed by atoms with E-state index >= 15 is 0 Å². The largest absolute Gasteiger partial charge is 0.508 e. The molecule has 0 fully saturated rings. The van der Waals surface area contributed by atoms with Gasteiger partial charge in [-0.15, -0.1) is 0 Å². The lowest BCUT2D eigenvalue weighted by molar-refractivity contribution is 0.102. The molecule has 4 N–H and O–H groups in total. The van der Waals surface area contributed by atoms with Crippen molar-refractivity contribution in [3.8, 4) is 22.9 Å². The van der Waals surface area contributed by atoms with Crippen LogP contribution in [0.1, 0.15) is 21.7 Å². The third-order valence-corrected chi connectivity index (χ3v) is 3.75. The van der Waals surface area contributed by atoms with E-state index in [0.717, 1.165) is 28.8 Å². The predicted molar refractivity (Wildman–Crippen MR) is 91.2 cm³/mol. The van der Waals surface area contributed by atoms with Gasteiger partial charge in [-0.3, -0.25) is 4.79 Å². The minimum Gasteiger partial charge on any atom is -0.508 e. The first-order valence-electron chi connectivity index (χ1n) is 7.41. The zero-order valence-electron chi connectivity index (χ0n) is 13.3. The molecule has 1 aromatic heterocycles. The highest BCUT2D eigenvalue weighted by Crippen LogP contribution is 2.25. The minimum absolute atomic E-state index is 0.0860. The maximum absolute atomic E-state index is 12.3. The molecule has 0 aliphatic heterocycles. The standard InChI is InChI=1S/C18H17N3O3/c1-10-11(2)20-17(19-10)12-4-3-5-13(8-12)21-18(24)15-7-6-14(22)9-16(15)23/h3-9,22-23H,1-2H3,(H,19,20)(H,21,24). The average Bonchev–Trinajstić information content (AvgIpc) is 2.87. The first-order chi connectivity index (χ1) is 11.4. The average molecular weight is 323 g/mol. The summed E-state index contributed by atoms with van der Waals surface area (Å²) in [6, 6.07) is 11.1. The highest BCUT2D eigenvalue weighted by Gasteiger charge is 2.13. The molecule has 0 atom stereocenters. The zero-order valence-corrected chi connectivity index (χ0v) is 13.3. The lowest BCUT2D eigenvalue weighted by atomic mass is 10.1. The molecule has 122 valence electrons. The smallest absolute Gasteiger partial charge is 0.259 e. The summed E-state index contributed by atoms with van der Waals surface area (Å²) in [6.45, 7) is 3.87. The highest BCUT2D eigenvalue weighted by atomic mass is 16.3. The van der Waals surface area contributed by atoms with E-state index in [4.69, 9.17) is 0 Å². The fourth-order valence-corrected chi connectivity index (χ4v) is 2.34. The summed E-state index contributed by atoms with van der Waals surface area (Å²) in [4.78, 5) is 19.9. The first-order valence-corrected chi connectivity index (χ1v) is 7.41. The minimum atomic E-state index is -0.462. The molecule has 0 saturated heterocycles. The van der Waals surface area contributed by atoms with Crippen molar-refractivity contribution in [3.63, 3.8) is 0 Å². The second kappa shape index (κ2) is 6.08. The Labute approximate surface area is 138 Å². The van der Waals surface area contributed by atoms with Gasteiger partial charge in [0.15, 0.2) is 0 Å². The molecule has 6 nitrogen and oxygen atoms in total. The summed E-state index contributed by atoms with van der Waals surface area (Å²) < 4.78 is 0. The number of aromatic amines is 1. The number of imidazole rings is 1. The number of hydrogen-bond acceptors (Lipinski definition) is 4. The van der Waals surface area contributed by atoms with Gasteiger partial charge in [0.1, 0.15) is 17.3 Å². The Bertz CT molecular complexity index is 896. The molecule has 1 amide bonds. The molecule has 3 rings (SSSR count). The fraction of sp³-hybridized carbons (Fsp3) is 0.111. The van der Waals surface area contributed by atoms with Crippen LogP contribution in [0.15, 0.2) is 42.5 Å². The van der Waals surface area contributed by atoms with E-state index in [-0.39, 0.29) is 17.1 Å². The van der Waals surface area contributed by atoms with Crippen LogP contribution in [0.3, 0.4) is 0 Å². The van der Waals surface area contributed by atoms with Crippen LogP contribution < -0.4 is 5.32 Å². The molecule has 0 aliphatic rings. The number of aromatic hydroxyl groups is 2. The summed E-state index contributed by atoms with van der Waals surface area (Å²) in [5.74, 6) is -0.111. The topological polar surface area (TPSA) is 98.2 Å². The molecule has 24 heavy (non-hydrogen) atoms. The van der Waals surface area contributed by atoms with E-state index in [1.54, 1.807) is 12.1 Å². The van der Waals surface area contributed by atoms with Crippen LogP contribution in [0.4, 0.5) is 5.69 Å². The number of phenols is 2. The van der Waals surface area contributed by atoms with Gasteiger partial charge >= 0.3 is 0 Å². The first kappa shape index (κ1) is 15.6. The summed E-state index contributed by atoms with van der Waals surface area (Å²) in [7, 11) is 0. The molecule has 0 spiro atoms. The zero-order chi connectivity index (χ0) is 17.3. The van der Waals surface area contributed by atoms with Crippen molar-refractivity contribution in [1.29, 1.82) is 0 Å². The summed E-state index contributed by atoms with van der Waals surface area (Å²) in [6.07, 6.45) is 0. The maximum atomic E-state index is 12.3. The second-order valence-electron chi connectivity index (χ2n) is 5.53. The quantitative estimate of drug-likeness (QED) is 0.594. The van der Waals surface area contributed by atoms with Crippen molar-refractivity contribution >= 4 is 11.6 Å². The molecular formula is C18H17N3O3. The number of benzene rings is 2. The monoisotopic (exact) mass is 323 g/mol. The second-order valence-corrected chi connectivity index (χ2v) is 5.53. The molecular weight excluding hydrogens is 306 g/mol. The van der Waals surface area contributed by atoms with Gasteiger partial charge in [0, 0.05) is 23.0 Å². The van der Waals surface area contributed by atoms with Crippen molar-refractivity contribution in [2.45, 2.75) is 13.8 Å². The molecule has 3 aromatic rings. The molecule has 0 unspecified atom stereocenters. The Hall–Kier alpha value is -3.28. The predicted octanol–water partition coefficient (Wildman–Crippen LogP) is 3.36. The van der Waals surface area contributed by atoms with E-state index in [1.165, 1.54) is 12.1 Å². The Kier molecular flexibility index (Phi) is 3.95. The summed E-state index contributed by atoms with van der Waals surface area (Å²) >= 11 is 0. The Morgan fingerprint density at radius 2 is 1.92 bits per heavy atom. The van der Waals surface area contributed by atoms with Crippen molar-refractivity contribution in [1.82, 2.24) is 9.97 Å². The van der Waals surface area contributed by atoms with Gasteiger partial charge in [0.25, 0.3) is 5.91 Å². The number of carbonyl (C=O) groups is 1. The van der Waals surface area contributed by atoms with E-state index in [1.807, 2.05) is 26.0 Å². The van der Waals surface area contributed by atoms with Crippen molar-refractivity contribution < 1.29 is 15.0 Å². The third-order valence-electron chi connectivity index (χ3n) is 3.75. The van der Waals surface area contributed by atoms with Gasteiger partial charge in [0.05, 0.1) is 11.3 Å². The van der Waals surface area contributed by atoms with Gasteiger partial charge in [-0.2, -0.15) is 0 Å². The number of nitrogens with zero attached hydrogens (tertiary/aromatic N) is 1. The van der Waals surface area contributed by atoms with Crippen molar-refractivity contribution in [3.05, 3.63) is 59.4 Å². The number of anilines is 1. The number of H-pyrrole nitrogens is 1. The fourth-order valence-electron chi connectivity index (χ4n) is 2.34. The van der Waals surface area contributed by atoms with E-state index < -0.39 is 5.91 Å². The Balaban J connectivity index is 1.85. The molecule has 2 aromatic carbocycles. The van der Waals surface area contributed by atoms with Gasteiger partial charge in [-0.05, 0) is 38.1 Å². The molecule has 0 bridgehead atoms. The van der Waals surface area contributed by atoms with Crippen LogP contribution in [0.5, 0.6) is 11.5 Å². The Morgan fingerprint density at radius 1 is 1.12 bits per heavy atom. The van der Waals surface area contributed by atoms with Gasteiger partial charge in [-0.25, -0.2) is 4.98 Å². The van der Waals surface area contributed by atoms with Crippen molar-refractivity contribution in [2.75, 3.05) is 5.32 Å². The third kappa shape index (κ3) is 3.08. The summed E-state index contributed by atoms with van der Waals surface area (Å²) in [5.41, 5.74) is 3.43. The van der Waals surface area contributed by atoms with Crippen LogP contribution in [0, 0.1) is 13.8 Å². The van der Waals surface area contributed by atoms with Crippen molar-refractivity contribution in [2.24, 2.45) is 0 Å². The van der Waals surface area contributed by atoms with Gasteiger partial charge in [0.2, 0.25) is 0 Å². The highest BCUT2D eigenvalue weighted by molar-refractivity contribution is 6.06. The van der Waals surface area contributed by atoms with E-state index in [2.05, 4.69) is 15.3 Å². The number of aromatic nitrogens is 2. The molecule has 0 saturated carbocycles. The number of rotatable bonds is 3. The van der Waals surface area contributed by atoms with Crippen LogP contribution in [-0.2, 0) is 0 Å². The molecule has 6 heteroatoms. The van der Waals surface area contributed by atoms with Crippen LogP contribution >= 0.6 is 0 Å².